The average Bonchev–Trinajstić information content (AvgIpc) is 2.79. The number of benzene rings is 2. The fourth-order valence-electron chi connectivity index (χ4n) is 4.13. The number of nitrogens with zero attached hydrogens (tertiary/aromatic N) is 2. The summed E-state index contributed by atoms with van der Waals surface area (Å²) >= 11 is 0. The van der Waals surface area contributed by atoms with E-state index in [0.29, 0.717) is 24.3 Å². The summed E-state index contributed by atoms with van der Waals surface area (Å²) < 4.78 is 31.6. The fraction of sp³-hybridized carbons (Fsp3) is 0.500. The summed E-state index contributed by atoms with van der Waals surface area (Å²) in [7, 11) is -1.95. The van der Waals surface area contributed by atoms with Crippen molar-refractivity contribution < 1.29 is 22.7 Å². The van der Waals surface area contributed by atoms with Crippen molar-refractivity contribution in [1.82, 2.24) is 10.2 Å². The Morgan fingerprint density at radius 3 is 2.32 bits per heavy atom. The monoisotopic (exact) mass is 531 g/mol. The van der Waals surface area contributed by atoms with E-state index in [1.165, 1.54) is 4.31 Å². The lowest BCUT2D eigenvalue weighted by Gasteiger charge is -2.33. The Labute approximate surface area is 222 Å². The van der Waals surface area contributed by atoms with Crippen LogP contribution >= 0.6 is 0 Å². The molecule has 1 N–H and O–H groups in total. The van der Waals surface area contributed by atoms with Crippen LogP contribution in [-0.2, 0) is 26.2 Å². The number of sulfonamides is 1. The number of methoxy groups -OCH3 is 1. The second-order valence-corrected chi connectivity index (χ2v) is 12.2. The van der Waals surface area contributed by atoms with Crippen LogP contribution in [0, 0.1) is 6.92 Å². The van der Waals surface area contributed by atoms with Crippen LogP contribution in [0.2, 0.25) is 0 Å². The van der Waals surface area contributed by atoms with E-state index in [9.17, 15) is 18.0 Å². The van der Waals surface area contributed by atoms with Gasteiger partial charge in [0.15, 0.2) is 0 Å². The van der Waals surface area contributed by atoms with Gasteiger partial charge in [-0.3, -0.25) is 13.9 Å². The van der Waals surface area contributed by atoms with Gasteiger partial charge < -0.3 is 15.0 Å². The Morgan fingerprint density at radius 2 is 1.76 bits per heavy atom. The van der Waals surface area contributed by atoms with Gasteiger partial charge in [0.05, 0.1) is 19.1 Å². The number of rotatable bonds is 12. The molecule has 2 aromatic rings. The standard InChI is InChI=1S/C28H41N3O5S/c1-8-25(27(33)29-28(3,4)5)30(20-22-13-10-15-24(19-22)36-6)26(32)16-11-17-31(37(7,34)35)23-14-9-12-21(2)18-23/h9-10,12-15,18-19,25H,8,11,16-17,20H2,1-7H3,(H,29,33)/t25-/m0/s1. The molecule has 0 aliphatic heterocycles. The number of carbonyl (C=O) groups is 2. The van der Waals surface area contributed by atoms with Gasteiger partial charge in [0.25, 0.3) is 0 Å². The minimum absolute atomic E-state index is 0.0983. The third kappa shape index (κ3) is 9.39. The first-order valence-electron chi connectivity index (χ1n) is 12.5. The Kier molecular flexibility index (Phi) is 10.5. The van der Waals surface area contributed by atoms with E-state index in [1.54, 1.807) is 18.1 Å². The van der Waals surface area contributed by atoms with Crippen LogP contribution in [0.15, 0.2) is 48.5 Å². The van der Waals surface area contributed by atoms with E-state index in [2.05, 4.69) is 5.32 Å². The highest BCUT2D eigenvalue weighted by Gasteiger charge is 2.30. The minimum Gasteiger partial charge on any atom is -0.497 e. The molecule has 0 aliphatic rings. The van der Waals surface area contributed by atoms with Crippen LogP contribution in [0.3, 0.4) is 0 Å². The van der Waals surface area contributed by atoms with Crippen LogP contribution in [-0.4, -0.2) is 56.6 Å². The van der Waals surface area contributed by atoms with Crippen LogP contribution in [0.5, 0.6) is 5.75 Å². The molecule has 0 fully saturated rings. The lowest BCUT2D eigenvalue weighted by molar-refractivity contribution is -0.142. The van der Waals surface area contributed by atoms with Gasteiger partial charge in [-0.05, 0) is 75.9 Å². The zero-order valence-corrected chi connectivity index (χ0v) is 23.9. The Bertz CT molecular complexity index is 1170. The Morgan fingerprint density at radius 1 is 1.08 bits per heavy atom. The number of amides is 2. The molecule has 0 heterocycles. The molecular weight excluding hydrogens is 490 g/mol. The Balaban J connectivity index is 2.26. The summed E-state index contributed by atoms with van der Waals surface area (Å²) in [5.74, 6) is 0.235. The largest absolute Gasteiger partial charge is 0.497 e. The molecule has 0 radical (unpaired) electrons. The highest BCUT2D eigenvalue weighted by molar-refractivity contribution is 7.92. The average molecular weight is 532 g/mol. The van der Waals surface area contributed by atoms with E-state index < -0.39 is 21.6 Å². The summed E-state index contributed by atoms with van der Waals surface area (Å²) in [5.41, 5.74) is 1.91. The lowest BCUT2D eigenvalue weighted by atomic mass is 10.0. The summed E-state index contributed by atoms with van der Waals surface area (Å²) in [5, 5.41) is 2.99. The highest BCUT2D eigenvalue weighted by Crippen LogP contribution is 2.22. The van der Waals surface area contributed by atoms with Crippen molar-refractivity contribution in [3.8, 4) is 5.75 Å². The van der Waals surface area contributed by atoms with Crippen molar-refractivity contribution in [2.75, 3.05) is 24.2 Å². The van der Waals surface area contributed by atoms with Gasteiger partial charge in [0.1, 0.15) is 11.8 Å². The van der Waals surface area contributed by atoms with Gasteiger partial charge in [0.2, 0.25) is 21.8 Å². The maximum atomic E-state index is 13.5. The van der Waals surface area contributed by atoms with E-state index >= 15 is 0 Å². The zero-order valence-electron chi connectivity index (χ0n) is 23.1. The zero-order chi connectivity index (χ0) is 27.8. The molecule has 204 valence electrons. The number of carbonyl (C=O) groups excluding carboxylic acids is 2. The fourth-order valence-corrected chi connectivity index (χ4v) is 5.08. The highest BCUT2D eigenvalue weighted by atomic mass is 32.2. The van der Waals surface area contributed by atoms with Gasteiger partial charge in [0, 0.05) is 25.0 Å². The quantitative estimate of drug-likeness (QED) is 0.441. The summed E-state index contributed by atoms with van der Waals surface area (Å²) in [6.07, 6.45) is 2.01. The first kappa shape index (κ1) is 30.2. The maximum Gasteiger partial charge on any atom is 0.243 e. The third-order valence-corrected chi connectivity index (χ3v) is 7.01. The van der Waals surface area contributed by atoms with E-state index in [1.807, 2.05) is 77.1 Å². The lowest BCUT2D eigenvalue weighted by Crippen LogP contribution is -2.53. The number of aryl methyl sites for hydroxylation is 1. The molecule has 2 aromatic carbocycles. The summed E-state index contributed by atoms with van der Waals surface area (Å²) in [6.45, 7) is 9.87. The molecule has 8 nitrogen and oxygen atoms in total. The molecule has 0 aliphatic carbocycles. The van der Waals surface area contributed by atoms with Crippen LogP contribution in [0.4, 0.5) is 5.69 Å². The first-order valence-corrected chi connectivity index (χ1v) is 14.4. The predicted molar refractivity (Wildman–Crippen MR) is 148 cm³/mol. The predicted octanol–water partition coefficient (Wildman–Crippen LogP) is 4.27. The molecule has 0 unspecified atom stereocenters. The molecule has 0 saturated heterocycles. The van der Waals surface area contributed by atoms with Crippen molar-refractivity contribution in [3.63, 3.8) is 0 Å². The van der Waals surface area contributed by atoms with Crippen LogP contribution in [0.1, 0.15) is 58.1 Å². The summed E-state index contributed by atoms with van der Waals surface area (Å²) in [6, 6.07) is 14.0. The number of nitrogens with one attached hydrogen (secondary N) is 1. The van der Waals surface area contributed by atoms with E-state index in [4.69, 9.17) is 4.74 Å². The smallest absolute Gasteiger partial charge is 0.243 e. The Hall–Kier alpha value is -3.07. The molecule has 37 heavy (non-hydrogen) atoms. The normalized spacial score (nSPS) is 12.5. The van der Waals surface area contributed by atoms with Gasteiger partial charge in [-0.25, -0.2) is 8.42 Å². The van der Waals surface area contributed by atoms with Crippen molar-refractivity contribution in [1.29, 1.82) is 0 Å². The van der Waals surface area contributed by atoms with Gasteiger partial charge >= 0.3 is 0 Å². The molecule has 0 saturated carbocycles. The second-order valence-electron chi connectivity index (χ2n) is 10.3. The molecule has 2 rings (SSSR count). The molecule has 0 spiro atoms. The molecule has 0 bridgehead atoms. The second kappa shape index (κ2) is 12.9. The SMILES string of the molecule is CC[C@@H](C(=O)NC(C)(C)C)N(Cc1cccc(OC)c1)C(=O)CCCN(c1cccc(C)c1)S(C)(=O)=O. The number of anilines is 1. The summed E-state index contributed by atoms with van der Waals surface area (Å²) in [4.78, 5) is 28.3. The van der Waals surface area contributed by atoms with Gasteiger partial charge in [-0.15, -0.1) is 0 Å². The minimum atomic E-state index is -3.53. The number of hydrogen-bond donors (Lipinski definition) is 1. The molecule has 0 aromatic heterocycles. The molecule has 2 amide bonds. The molecule has 9 heteroatoms. The topological polar surface area (TPSA) is 96.0 Å². The first-order chi connectivity index (χ1) is 17.2. The maximum absolute atomic E-state index is 13.5. The molecular formula is C28H41N3O5S. The van der Waals surface area contributed by atoms with Crippen molar-refractivity contribution in [2.24, 2.45) is 0 Å². The third-order valence-electron chi connectivity index (χ3n) is 5.81. The number of hydrogen-bond acceptors (Lipinski definition) is 5. The van der Waals surface area contributed by atoms with E-state index in [0.717, 1.165) is 17.4 Å². The van der Waals surface area contributed by atoms with Crippen molar-refractivity contribution in [3.05, 3.63) is 59.7 Å². The molecule has 1 atom stereocenters. The number of ether oxygens (including phenoxy) is 1. The van der Waals surface area contributed by atoms with Crippen LogP contribution < -0.4 is 14.4 Å². The van der Waals surface area contributed by atoms with Gasteiger partial charge in [-0.2, -0.15) is 0 Å². The van der Waals surface area contributed by atoms with Gasteiger partial charge in [-0.1, -0.05) is 31.2 Å². The van der Waals surface area contributed by atoms with E-state index in [-0.39, 0.29) is 31.3 Å². The van der Waals surface area contributed by atoms with Crippen molar-refractivity contribution in [2.45, 2.75) is 72.0 Å². The van der Waals surface area contributed by atoms with Crippen LogP contribution in [0.25, 0.3) is 0 Å². The van der Waals surface area contributed by atoms with Crippen molar-refractivity contribution >= 4 is 27.5 Å².